The van der Waals surface area contributed by atoms with E-state index in [1.165, 1.54) is 38.4 Å². The van der Waals surface area contributed by atoms with Crippen molar-refractivity contribution in [1.82, 2.24) is 4.90 Å². The van der Waals surface area contributed by atoms with Crippen LogP contribution in [0.1, 0.15) is 30.6 Å². The number of ether oxygens (including phenoxy) is 4. The van der Waals surface area contributed by atoms with Gasteiger partial charge in [0.1, 0.15) is 5.56 Å². The van der Waals surface area contributed by atoms with Gasteiger partial charge in [-0.15, -0.1) is 0 Å². The minimum atomic E-state index is -3.15. The molecule has 9 nitrogen and oxygen atoms in total. The van der Waals surface area contributed by atoms with Crippen LogP contribution in [0.15, 0.2) is 12.1 Å². The van der Waals surface area contributed by atoms with Gasteiger partial charge in [-0.1, -0.05) is 13.8 Å². The molecule has 1 saturated heterocycles. The number of rotatable bonds is 9. The summed E-state index contributed by atoms with van der Waals surface area (Å²) in [6.07, 6.45) is 0.387. The van der Waals surface area contributed by atoms with Crippen molar-refractivity contribution in [1.29, 1.82) is 0 Å². The Morgan fingerprint density at radius 1 is 1.10 bits per heavy atom. The van der Waals surface area contributed by atoms with E-state index in [4.69, 9.17) is 18.9 Å². The van der Waals surface area contributed by atoms with E-state index in [2.05, 4.69) is 0 Å². The first-order valence-electron chi connectivity index (χ1n) is 9.59. The highest BCUT2D eigenvalue weighted by Crippen LogP contribution is 2.40. The summed E-state index contributed by atoms with van der Waals surface area (Å²) in [5, 5.41) is 0. The predicted octanol–water partition coefficient (Wildman–Crippen LogP) is 1.54. The maximum absolute atomic E-state index is 12.8. The van der Waals surface area contributed by atoms with E-state index in [0.717, 1.165) is 0 Å². The maximum Gasteiger partial charge on any atom is 0.342 e. The van der Waals surface area contributed by atoms with Crippen molar-refractivity contribution in [2.45, 2.75) is 26.3 Å². The number of nitrogens with zero attached hydrogens (tertiary/aromatic N) is 1. The number of carbonyl (C=O) groups excluding carboxylic acids is 2. The molecule has 0 spiro atoms. The summed E-state index contributed by atoms with van der Waals surface area (Å²) in [6, 6.07) is 2.59. The third-order valence-corrected chi connectivity index (χ3v) is 6.53. The van der Waals surface area contributed by atoms with Gasteiger partial charge in [0.25, 0.3) is 5.91 Å². The number of sulfone groups is 1. The fourth-order valence-corrected chi connectivity index (χ4v) is 5.15. The lowest BCUT2D eigenvalue weighted by Gasteiger charge is -2.29. The molecule has 1 aromatic carbocycles. The highest BCUT2D eigenvalue weighted by Gasteiger charge is 2.35. The number of hydrogen-bond acceptors (Lipinski definition) is 8. The van der Waals surface area contributed by atoms with Crippen molar-refractivity contribution in [2.75, 3.05) is 46.0 Å². The van der Waals surface area contributed by atoms with Gasteiger partial charge in [-0.25, -0.2) is 13.2 Å². The molecule has 0 aromatic heterocycles. The van der Waals surface area contributed by atoms with E-state index < -0.39 is 34.4 Å². The van der Waals surface area contributed by atoms with E-state index in [1.54, 1.807) is 0 Å². The molecular formula is C20H29NO8S. The normalized spacial score (nSPS) is 17.5. The Labute approximate surface area is 177 Å². The van der Waals surface area contributed by atoms with Crippen LogP contribution in [0.3, 0.4) is 0 Å². The minimum Gasteiger partial charge on any atom is -0.493 e. The Hall–Kier alpha value is -2.49. The molecule has 1 heterocycles. The molecule has 1 atom stereocenters. The first kappa shape index (κ1) is 23.8. The van der Waals surface area contributed by atoms with Crippen molar-refractivity contribution in [3.63, 3.8) is 0 Å². The van der Waals surface area contributed by atoms with Crippen LogP contribution in [0.25, 0.3) is 0 Å². The Morgan fingerprint density at radius 3 is 2.27 bits per heavy atom. The summed E-state index contributed by atoms with van der Waals surface area (Å²) in [5.74, 6) is -0.311. The van der Waals surface area contributed by atoms with Crippen LogP contribution >= 0.6 is 0 Å². The zero-order chi connectivity index (χ0) is 22.5. The first-order valence-corrected chi connectivity index (χ1v) is 11.4. The van der Waals surface area contributed by atoms with Crippen molar-refractivity contribution in [3.8, 4) is 17.2 Å². The summed E-state index contributed by atoms with van der Waals surface area (Å²) < 4.78 is 44.6. The van der Waals surface area contributed by atoms with Crippen molar-refractivity contribution >= 4 is 21.7 Å². The monoisotopic (exact) mass is 443 g/mol. The second-order valence-corrected chi connectivity index (χ2v) is 9.68. The van der Waals surface area contributed by atoms with Gasteiger partial charge in [0.15, 0.2) is 27.9 Å². The van der Waals surface area contributed by atoms with Crippen LogP contribution in [0, 0.1) is 5.92 Å². The van der Waals surface area contributed by atoms with Crippen LogP contribution in [-0.2, 0) is 19.4 Å². The highest BCUT2D eigenvalue weighted by molar-refractivity contribution is 7.91. The SMILES string of the molecule is COc1ccc(C(=O)OCC(=O)N(CC(C)C)C2CCS(=O)(=O)C2)c(OC)c1OC. The van der Waals surface area contributed by atoms with Gasteiger partial charge in [0.2, 0.25) is 5.75 Å². The van der Waals surface area contributed by atoms with Crippen molar-refractivity contribution in [3.05, 3.63) is 17.7 Å². The van der Waals surface area contributed by atoms with E-state index in [0.29, 0.717) is 18.7 Å². The fraction of sp³-hybridized carbons (Fsp3) is 0.600. The molecule has 1 amide bonds. The van der Waals surface area contributed by atoms with E-state index in [1.807, 2.05) is 13.8 Å². The molecule has 0 radical (unpaired) electrons. The standard InChI is InChI=1S/C20H29NO8S/c1-13(2)10-21(14-8-9-30(24,25)12-14)17(22)11-29-20(23)15-6-7-16(26-3)19(28-5)18(15)27-4/h6-7,13-14H,8-12H2,1-5H3. The molecule has 0 aliphatic carbocycles. The number of hydrogen-bond donors (Lipinski definition) is 0. The lowest BCUT2D eigenvalue weighted by Crippen LogP contribution is -2.45. The van der Waals surface area contributed by atoms with Gasteiger partial charge in [-0.3, -0.25) is 4.79 Å². The minimum absolute atomic E-state index is 0.0577. The Balaban J connectivity index is 2.14. The molecule has 1 unspecified atom stereocenters. The number of methoxy groups -OCH3 is 3. The van der Waals surface area contributed by atoms with E-state index in [9.17, 15) is 18.0 Å². The molecule has 168 valence electrons. The van der Waals surface area contributed by atoms with Gasteiger partial charge in [-0.2, -0.15) is 0 Å². The lowest BCUT2D eigenvalue weighted by atomic mass is 10.1. The lowest BCUT2D eigenvalue weighted by molar-refractivity contribution is -0.137. The van der Waals surface area contributed by atoms with Crippen LogP contribution in [0.4, 0.5) is 0 Å². The molecule has 0 saturated carbocycles. The molecule has 0 N–H and O–H groups in total. The van der Waals surface area contributed by atoms with Gasteiger partial charge in [-0.05, 0) is 24.5 Å². The molecule has 1 aromatic rings. The van der Waals surface area contributed by atoms with Crippen LogP contribution in [0.2, 0.25) is 0 Å². The highest BCUT2D eigenvalue weighted by atomic mass is 32.2. The van der Waals surface area contributed by atoms with E-state index in [-0.39, 0.29) is 34.5 Å². The molecule has 10 heteroatoms. The molecule has 1 fully saturated rings. The summed E-state index contributed by atoms with van der Waals surface area (Å²) in [5.41, 5.74) is 0.0850. The Morgan fingerprint density at radius 2 is 1.77 bits per heavy atom. The summed E-state index contributed by atoms with van der Waals surface area (Å²) in [4.78, 5) is 26.9. The topological polar surface area (TPSA) is 108 Å². The Bertz CT molecular complexity index is 881. The van der Waals surface area contributed by atoms with Gasteiger partial charge in [0.05, 0.1) is 32.8 Å². The third kappa shape index (κ3) is 5.56. The summed E-state index contributed by atoms with van der Waals surface area (Å²) in [7, 11) is 1.10. The molecule has 30 heavy (non-hydrogen) atoms. The van der Waals surface area contributed by atoms with E-state index >= 15 is 0 Å². The molecule has 1 aliphatic heterocycles. The van der Waals surface area contributed by atoms with Crippen LogP contribution in [-0.4, -0.2) is 77.2 Å². The maximum atomic E-state index is 12.8. The summed E-state index contributed by atoms with van der Waals surface area (Å²) >= 11 is 0. The van der Waals surface area contributed by atoms with Gasteiger partial charge in [0, 0.05) is 12.6 Å². The van der Waals surface area contributed by atoms with Crippen molar-refractivity contribution < 1.29 is 37.0 Å². The third-order valence-electron chi connectivity index (χ3n) is 4.78. The van der Waals surface area contributed by atoms with Gasteiger partial charge < -0.3 is 23.8 Å². The number of esters is 1. The van der Waals surface area contributed by atoms with Crippen LogP contribution < -0.4 is 14.2 Å². The molecule has 0 bridgehead atoms. The second kappa shape index (κ2) is 10.0. The molecule has 2 rings (SSSR count). The smallest absolute Gasteiger partial charge is 0.342 e. The molecular weight excluding hydrogens is 414 g/mol. The predicted molar refractivity (Wildman–Crippen MR) is 110 cm³/mol. The number of amides is 1. The molecule has 1 aliphatic rings. The van der Waals surface area contributed by atoms with Crippen LogP contribution in [0.5, 0.6) is 17.2 Å². The zero-order valence-corrected chi connectivity index (χ0v) is 18.8. The summed E-state index contributed by atoms with van der Waals surface area (Å²) in [6.45, 7) is 3.75. The zero-order valence-electron chi connectivity index (χ0n) is 18.0. The Kier molecular flexibility index (Phi) is 7.94. The first-order chi connectivity index (χ1) is 14.1. The second-order valence-electron chi connectivity index (χ2n) is 7.45. The number of benzene rings is 1. The van der Waals surface area contributed by atoms with Crippen molar-refractivity contribution in [2.24, 2.45) is 5.92 Å². The quantitative estimate of drug-likeness (QED) is 0.529. The van der Waals surface area contributed by atoms with Gasteiger partial charge >= 0.3 is 5.97 Å². The largest absolute Gasteiger partial charge is 0.493 e. The number of carbonyl (C=O) groups is 2. The fourth-order valence-electron chi connectivity index (χ4n) is 3.42. The average Bonchev–Trinajstić information content (AvgIpc) is 3.07. The average molecular weight is 444 g/mol.